The number of rotatable bonds is 5. The van der Waals surface area contributed by atoms with Gasteiger partial charge in [-0.25, -0.2) is 0 Å². The first-order chi connectivity index (χ1) is 9.34. The van der Waals surface area contributed by atoms with Gasteiger partial charge in [0.15, 0.2) is 0 Å². The summed E-state index contributed by atoms with van der Waals surface area (Å²) in [6, 6.07) is 9.92. The van der Waals surface area contributed by atoms with E-state index in [1.807, 2.05) is 36.4 Å². The van der Waals surface area contributed by atoms with Gasteiger partial charge in [-0.05, 0) is 11.6 Å². The van der Waals surface area contributed by atoms with Crippen LogP contribution in [0.1, 0.15) is 5.56 Å². The SMILES string of the molecule is N=C(C=Cc1ccccc1)OCCN1CCOCC1. The van der Waals surface area contributed by atoms with Gasteiger partial charge in [0.25, 0.3) is 0 Å². The lowest BCUT2D eigenvalue weighted by molar-refractivity contribution is 0.0315. The van der Waals surface area contributed by atoms with E-state index in [-0.39, 0.29) is 5.90 Å². The van der Waals surface area contributed by atoms with Gasteiger partial charge in [-0.2, -0.15) is 0 Å². The summed E-state index contributed by atoms with van der Waals surface area (Å²) in [4.78, 5) is 2.29. The van der Waals surface area contributed by atoms with Crippen LogP contribution in [0.5, 0.6) is 0 Å². The molecule has 2 rings (SSSR count). The van der Waals surface area contributed by atoms with Gasteiger partial charge in [0.1, 0.15) is 6.61 Å². The van der Waals surface area contributed by atoms with Crippen molar-refractivity contribution in [2.24, 2.45) is 0 Å². The van der Waals surface area contributed by atoms with Crippen LogP contribution >= 0.6 is 0 Å². The third-order valence-corrected chi connectivity index (χ3v) is 3.00. The Bertz CT molecular complexity index is 411. The van der Waals surface area contributed by atoms with Gasteiger partial charge >= 0.3 is 0 Å². The van der Waals surface area contributed by atoms with Crippen molar-refractivity contribution in [2.45, 2.75) is 0 Å². The highest BCUT2D eigenvalue weighted by atomic mass is 16.5. The van der Waals surface area contributed by atoms with E-state index in [2.05, 4.69) is 4.90 Å². The molecule has 0 atom stereocenters. The maximum atomic E-state index is 7.70. The quantitative estimate of drug-likeness (QED) is 0.651. The van der Waals surface area contributed by atoms with E-state index in [1.165, 1.54) is 0 Å². The summed E-state index contributed by atoms with van der Waals surface area (Å²) in [5, 5.41) is 7.70. The fraction of sp³-hybridized carbons (Fsp3) is 0.400. The molecule has 4 heteroatoms. The monoisotopic (exact) mass is 260 g/mol. The van der Waals surface area contributed by atoms with Crippen LogP contribution < -0.4 is 0 Å². The second-order valence-electron chi connectivity index (χ2n) is 4.41. The summed E-state index contributed by atoms with van der Waals surface area (Å²) in [5.41, 5.74) is 1.07. The predicted molar refractivity (Wildman–Crippen MR) is 76.4 cm³/mol. The molecule has 0 aromatic heterocycles. The highest BCUT2D eigenvalue weighted by Gasteiger charge is 2.09. The van der Waals surface area contributed by atoms with Gasteiger partial charge in [-0.15, -0.1) is 0 Å². The molecule has 1 aromatic carbocycles. The van der Waals surface area contributed by atoms with E-state index in [9.17, 15) is 0 Å². The first kappa shape index (κ1) is 13.8. The number of nitrogens with one attached hydrogen (secondary N) is 1. The minimum Gasteiger partial charge on any atom is -0.477 e. The first-order valence-corrected chi connectivity index (χ1v) is 6.59. The molecule has 1 N–H and O–H groups in total. The predicted octanol–water partition coefficient (Wildman–Crippen LogP) is 2.03. The van der Waals surface area contributed by atoms with Crippen LogP contribution in [0.15, 0.2) is 36.4 Å². The van der Waals surface area contributed by atoms with Crippen molar-refractivity contribution in [3.8, 4) is 0 Å². The van der Waals surface area contributed by atoms with Gasteiger partial charge in [0, 0.05) is 25.7 Å². The maximum Gasteiger partial charge on any atom is 0.205 e. The van der Waals surface area contributed by atoms with Crippen LogP contribution in [-0.4, -0.2) is 50.3 Å². The largest absolute Gasteiger partial charge is 0.477 e. The summed E-state index contributed by atoms with van der Waals surface area (Å²) in [6.07, 6.45) is 3.58. The van der Waals surface area contributed by atoms with Crippen molar-refractivity contribution in [1.29, 1.82) is 5.41 Å². The summed E-state index contributed by atoms with van der Waals surface area (Å²) in [5.74, 6) is 0.206. The third kappa shape index (κ3) is 5.24. The number of hydrogen-bond donors (Lipinski definition) is 1. The fourth-order valence-electron chi connectivity index (χ4n) is 1.89. The molecule has 0 radical (unpaired) electrons. The van der Waals surface area contributed by atoms with Crippen LogP contribution in [-0.2, 0) is 9.47 Å². The number of hydrogen-bond acceptors (Lipinski definition) is 4. The molecular formula is C15H20N2O2. The van der Waals surface area contributed by atoms with Gasteiger partial charge in [-0.1, -0.05) is 30.3 Å². The van der Waals surface area contributed by atoms with Crippen LogP contribution in [0.25, 0.3) is 6.08 Å². The molecule has 1 fully saturated rings. The zero-order valence-corrected chi connectivity index (χ0v) is 11.0. The van der Waals surface area contributed by atoms with Gasteiger partial charge in [0.2, 0.25) is 5.90 Å². The highest BCUT2D eigenvalue weighted by molar-refractivity contribution is 5.89. The minimum absolute atomic E-state index is 0.206. The molecule has 1 aromatic rings. The van der Waals surface area contributed by atoms with E-state index in [0.29, 0.717) is 6.61 Å². The Morgan fingerprint density at radius 3 is 2.74 bits per heavy atom. The standard InChI is InChI=1S/C15H20N2O2/c16-15(7-6-14-4-2-1-3-5-14)19-13-10-17-8-11-18-12-9-17/h1-7,16H,8-13H2. The molecule has 0 unspecified atom stereocenters. The van der Waals surface area contributed by atoms with Gasteiger partial charge < -0.3 is 9.47 Å². The highest BCUT2D eigenvalue weighted by Crippen LogP contribution is 2.01. The summed E-state index contributed by atoms with van der Waals surface area (Å²) < 4.78 is 10.7. The molecule has 1 aliphatic rings. The number of ether oxygens (including phenoxy) is 2. The zero-order chi connectivity index (χ0) is 13.3. The van der Waals surface area contributed by atoms with Crippen LogP contribution in [0.4, 0.5) is 0 Å². The average molecular weight is 260 g/mol. The molecule has 0 spiro atoms. The Morgan fingerprint density at radius 2 is 2.00 bits per heavy atom. The Balaban J connectivity index is 1.65. The van der Waals surface area contributed by atoms with Crippen molar-refractivity contribution >= 4 is 12.0 Å². The molecule has 1 aliphatic heterocycles. The topological polar surface area (TPSA) is 45.5 Å². The second-order valence-corrected chi connectivity index (χ2v) is 4.41. The Kier molecular flexibility index (Phi) is 5.59. The summed E-state index contributed by atoms with van der Waals surface area (Å²) in [7, 11) is 0. The van der Waals surface area contributed by atoms with E-state index in [4.69, 9.17) is 14.9 Å². The molecule has 1 saturated heterocycles. The van der Waals surface area contributed by atoms with E-state index in [1.54, 1.807) is 6.08 Å². The molecule has 1 heterocycles. The smallest absolute Gasteiger partial charge is 0.205 e. The Labute approximate surface area is 114 Å². The molecule has 102 valence electrons. The molecule has 0 amide bonds. The summed E-state index contributed by atoms with van der Waals surface area (Å²) in [6.45, 7) is 4.91. The molecule has 4 nitrogen and oxygen atoms in total. The zero-order valence-electron chi connectivity index (χ0n) is 11.0. The van der Waals surface area contributed by atoms with Crippen molar-refractivity contribution in [3.05, 3.63) is 42.0 Å². The Morgan fingerprint density at radius 1 is 1.26 bits per heavy atom. The van der Waals surface area contributed by atoms with Crippen LogP contribution in [0, 0.1) is 5.41 Å². The lowest BCUT2D eigenvalue weighted by Crippen LogP contribution is -2.38. The van der Waals surface area contributed by atoms with Crippen molar-refractivity contribution < 1.29 is 9.47 Å². The third-order valence-electron chi connectivity index (χ3n) is 3.00. The van der Waals surface area contributed by atoms with E-state index >= 15 is 0 Å². The van der Waals surface area contributed by atoms with E-state index in [0.717, 1.165) is 38.4 Å². The van der Waals surface area contributed by atoms with Crippen molar-refractivity contribution in [1.82, 2.24) is 4.90 Å². The van der Waals surface area contributed by atoms with Crippen molar-refractivity contribution in [3.63, 3.8) is 0 Å². The fourth-order valence-corrected chi connectivity index (χ4v) is 1.89. The summed E-state index contributed by atoms with van der Waals surface area (Å²) >= 11 is 0. The average Bonchev–Trinajstić information content (AvgIpc) is 2.47. The normalized spacial score (nSPS) is 16.6. The van der Waals surface area contributed by atoms with Gasteiger partial charge in [-0.3, -0.25) is 10.3 Å². The van der Waals surface area contributed by atoms with Crippen LogP contribution in [0.2, 0.25) is 0 Å². The number of morpholine rings is 1. The molecule has 0 bridgehead atoms. The van der Waals surface area contributed by atoms with Crippen molar-refractivity contribution in [2.75, 3.05) is 39.5 Å². The molecule has 0 aliphatic carbocycles. The Hall–Kier alpha value is -1.65. The van der Waals surface area contributed by atoms with Crippen LogP contribution in [0.3, 0.4) is 0 Å². The first-order valence-electron chi connectivity index (χ1n) is 6.59. The molecular weight excluding hydrogens is 240 g/mol. The second kappa shape index (κ2) is 7.71. The van der Waals surface area contributed by atoms with Gasteiger partial charge in [0.05, 0.1) is 13.2 Å². The lowest BCUT2D eigenvalue weighted by Gasteiger charge is -2.26. The minimum atomic E-state index is 0.206. The number of nitrogens with zero attached hydrogens (tertiary/aromatic N) is 1. The van der Waals surface area contributed by atoms with E-state index < -0.39 is 0 Å². The number of benzene rings is 1. The lowest BCUT2D eigenvalue weighted by atomic mass is 10.2. The molecule has 0 saturated carbocycles. The maximum absolute atomic E-state index is 7.70. The molecule has 19 heavy (non-hydrogen) atoms.